The summed E-state index contributed by atoms with van der Waals surface area (Å²) in [6.07, 6.45) is -5.01. The lowest BCUT2D eigenvalue weighted by molar-refractivity contribution is -0.154. The molecule has 2 aromatic carbocycles. The number of halogens is 3. The van der Waals surface area contributed by atoms with E-state index in [2.05, 4.69) is 0 Å². The Labute approximate surface area is 168 Å². The third-order valence-corrected chi connectivity index (χ3v) is 4.42. The number of ether oxygens (including phenoxy) is 2. The van der Waals surface area contributed by atoms with Crippen molar-refractivity contribution >= 4 is 16.9 Å². The van der Waals surface area contributed by atoms with Crippen molar-refractivity contribution in [2.75, 3.05) is 6.61 Å². The summed E-state index contributed by atoms with van der Waals surface area (Å²) >= 11 is 0. The van der Waals surface area contributed by atoms with E-state index in [1.807, 2.05) is 6.07 Å². The van der Waals surface area contributed by atoms with Crippen LogP contribution in [0.4, 0.5) is 13.2 Å². The van der Waals surface area contributed by atoms with Crippen LogP contribution in [-0.2, 0) is 11.0 Å². The fourth-order valence-corrected chi connectivity index (χ4v) is 2.89. The van der Waals surface area contributed by atoms with Crippen LogP contribution in [0, 0.1) is 20.8 Å². The summed E-state index contributed by atoms with van der Waals surface area (Å²) in [7, 11) is 0. The fourth-order valence-electron chi connectivity index (χ4n) is 2.89. The van der Waals surface area contributed by atoms with Crippen molar-refractivity contribution in [2.45, 2.75) is 26.9 Å². The molecule has 0 saturated heterocycles. The molecule has 30 heavy (non-hydrogen) atoms. The van der Waals surface area contributed by atoms with Gasteiger partial charge in [0, 0.05) is 6.07 Å². The quantitative estimate of drug-likeness (QED) is 0.623. The van der Waals surface area contributed by atoms with Gasteiger partial charge in [-0.15, -0.1) is 0 Å². The summed E-state index contributed by atoms with van der Waals surface area (Å²) in [6.45, 7) is 4.51. The summed E-state index contributed by atoms with van der Waals surface area (Å²) in [6, 6.07) is 6.87. The second-order valence-electron chi connectivity index (χ2n) is 6.73. The second-order valence-corrected chi connectivity index (χ2v) is 6.73. The molecule has 0 saturated carbocycles. The summed E-state index contributed by atoms with van der Waals surface area (Å²) in [4.78, 5) is 23.4. The van der Waals surface area contributed by atoms with E-state index in [1.165, 1.54) is 18.2 Å². The highest BCUT2D eigenvalue weighted by atomic mass is 19.4. The van der Waals surface area contributed by atoms with Crippen LogP contribution in [0.15, 0.2) is 39.5 Å². The number of carboxylic acid groups (broad SMARTS) is 1. The fraction of sp³-hybridized carbons (Fsp3) is 0.238. The van der Waals surface area contributed by atoms with Gasteiger partial charge in [-0.2, -0.15) is 13.2 Å². The summed E-state index contributed by atoms with van der Waals surface area (Å²) in [5.74, 6) is -3.76. The molecule has 0 aliphatic rings. The Morgan fingerprint density at radius 3 is 2.47 bits per heavy atom. The highest BCUT2D eigenvalue weighted by molar-refractivity contribution is 5.80. The van der Waals surface area contributed by atoms with Crippen LogP contribution in [0.3, 0.4) is 0 Å². The van der Waals surface area contributed by atoms with E-state index in [9.17, 15) is 22.8 Å². The number of aryl methyl sites for hydroxylation is 2. The Morgan fingerprint density at radius 1 is 1.13 bits per heavy atom. The average Bonchev–Trinajstić information content (AvgIpc) is 2.64. The molecule has 3 rings (SSSR count). The maximum atomic E-state index is 13.7. The molecule has 1 N–H and O–H groups in total. The molecule has 0 atom stereocenters. The van der Waals surface area contributed by atoms with E-state index in [0.717, 1.165) is 17.2 Å². The molecule has 1 heterocycles. The zero-order chi connectivity index (χ0) is 22.2. The molecule has 0 aliphatic heterocycles. The van der Waals surface area contributed by atoms with E-state index >= 15 is 0 Å². The number of carboxylic acids is 1. The smallest absolute Gasteiger partial charge is 0.453 e. The van der Waals surface area contributed by atoms with Crippen molar-refractivity contribution in [1.82, 2.24) is 0 Å². The maximum absolute atomic E-state index is 13.7. The molecule has 3 aromatic rings. The first-order valence-electron chi connectivity index (χ1n) is 8.75. The number of benzene rings is 2. The first-order valence-corrected chi connectivity index (χ1v) is 8.75. The number of alkyl halides is 3. The molecule has 9 heteroatoms. The van der Waals surface area contributed by atoms with E-state index in [0.29, 0.717) is 5.56 Å². The molecule has 0 amide bonds. The highest BCUT2D eigenvalue weighted by Crippen LogP contribution is 2.39. The standard InChI is InChI=1S/C21H17F3O6/c1-10-6-11(2)12(3)15(7-10)29-19-18(27)14-5-4-13(28-9-17(25)26)8-16(14)30-20(19)21(22,23)24/h4-8H,9H2,1-3H3,(H,25,26). The molecule has 0 unspecified atom stereocenters. The molecule has 158 valence electrons. The van der Waals surface area contributed by atoms with Gasteiger partial charge in [-0.25, -0.2) is 4.79 Å². The van der Waals surface area contributed by atoms with E-state index in [1.54, 1.807) is 20.8 Å². The lowest BCUT2D eigenvalue weighted by Gasteiger charge is -2.16. The van der Waals surface area contributed by atoms with Crippen LogP contribution in [0.5, 0.6) is 17.2 Å². The minimum absolute atomic E-state index is 0.0556. The second kappa shape index (κ2) is 7.74. The van der Waals surface area contributed by atoms with Crippen LogP contribution < -0.4 is 14.9 Å². The lowest BCUT2D eigenvalue weighted by Crippen LogP contribution is -2.16. The van der Waals surface area contributed by atoms with Crippen molar-refractivity contribution in [2.24, 2.45) is 0 Å². The Hall–Kier alpha value is -3.49. The Morgan fingerprint density at radius 2 is 1.83 bits per heavy atom. The predicted molar refractivity (Wildman–Crippen MR) is 101 cm³/mol. The topological polar surface area (TPSA) is 86.0 Å². The Balaban J connectivity index is 2.18. The zero-order valence-electron chi connectivity index (χ0n) is 16.2. The molecule has 0 fully saturated rings. The molecular formula is C21H17F3O6. The van der Waals surface area contributed by atoms with Crippen LogP contribution >= 0.6 is 0 Å². The lowest BCUT2D eigenvalue weighted by atomic mass is 10.1. The van der Waals surface area contributed by atoms with Crippen LogP contribution in [0.1, 0.15) is 22.5 Å². The van der Waals surface area contributed by atoms with Gasteiger partial charge in [0.1, 0.15) is 17.1 Å². The van der Waals surface area contributed by atoms with Gasteiger partial charge in [-0.1, -0.05) is 6.07 Å². The van der Waals surface area contributed by atoms with Crippen molar-refractivity contribution in [1.29, 1.82) is 0 Å². The zero-order valence-corrected chi connectivity index (χ0v) is 16.2. The molecule has 0 bridgehead atoms. The number of rotatable bonds is 5. The van der Waals surface area contributed by atoms with Gasteiger partial charge in [0.15, 0.2) is 6.61 Å². The molecule has 0 spiro atoms. The van der Waals surface area contributed by atoms with Crippen molar-refractivity contribution in [3.05, 3.63) is 63.0 Å². The maximum Gasteiger partial charge on any atom is 0.453 e. The highest BCUT2D eigenvalue weighted by Gasteiger charge is 2.40. The first-order chi connectivity index (χ1) is 14.0. The van der Waals surface area contributed by atoms with E-state index < -0.39 is 41.3 Å². The summed E-state index contributed by atoms with van der Waals surface area (Å²) in [5.41, 5.74) is 0.730. The molecular weight excluding hydrogens is 405 g/mol. The monoisotopic (exact) mass is 422 g/mol. The van der Waals surface area contributed by atoms with Gasteiger partial charge in [-0.3, -0.25) is 4.79 Å². The first kappa shape index (κ1) is 21.2. The van der Waals surface area contributed by atoms with Crippen molar-refractivity contribution in [3.63, 3.8) is 0 Å². The largest absolute Gasteiger partial charge is 0.482 e. The predicted octanol–water partition coefficient (Wildman–Crippen LogP) is 4.99. The van der Waals surface area contributed by atoms with E-state index in [4.69, 9.17) is 19.0 Å². The van der Waals surface area contributed by atoms with Gasteiger partial charge in [-0.05, 0) is 55.7 Å². The third kappa shape index (κ3) is 4.24. The van der Waals surface area contributed by atoms with Gasteiger partial charge >= 0.3 is 12.1 Å². The minimum Gasteiger partial charge on any atom is -0.482 e. The Kier molecular flexibility index (Phi) is 5.47. The SMILES string of the molecule is Cc1cc(C)c(C)c(Oc2c(C(F)(F)F)oc3cc(OCC(=O)O)ccc3c2=O)c1. The number of hydrogen-bond donors (Lipinski definition) is 1. The molecule has 0 radical (unpaired) electrons. The van der Waals surface area contributed by atoms with Crippen LogP contribution in [-0.4, -0.2) is 17.7 Å². The van der Waals surface area contributed by atoms with Crippen molar-refractivity contribution < 1.29 is 37.0 Å². The number of aliphatic carboxylic acids is 1. The van der Waals surface area contributed by atoms with Gasteiger partial charge in [0.05, 0.1) is 5.39 Å². The van der Waals surface area contributed by atoms with Crippen LogP contribution in [0.2, 0.25) is 0 Å². The molecule has 6 nitrogen and oxygen atoms in total. The molecule has 0 aliphatic carbocycles. The number of hydrogen-bond acceptors (Lipinski definition) is 5. The summed E-state index contributed by atoms with van der Waals surface area (Å²) < 4.78 is 56.3. The Bertz CT molecular complexity index is 1190. The average molecular weight is 422 g/mol. The minimum atomic E-state index is -5.01. The van der Waals surface area contributed by atoms with Crippen molar-refractivity contribution in [3.8, 4) is 17.2 Å². The normalized spacial score (nSPS) is 11.5. The number of carbonyl (C=O) groups is 1. The van der Waals surface area contributed by atoms with Gasteiger partial charge in [0.25, 0.3) is 5.76 Å². The van der Waals surface area contributed by atoms with Crippen LogP contribution in [0.25, 0.3) is 11.0 Å². The van der Waals surface area contributed by atoms with E-state index in [-0.39, 0.29) is 16.9 Å². The molecule has 1 aromatic heterocycles. The van der Waals surface area contributed by atoms with Gasteiger partial charge in [0.2, 0.25) is 11.2 Å². The third-order valence-electron chi connectivity index (χ3n) is 4.42. The van der Waals surface area contributed by atoms with Gasteiger partial charge < -0.3 is 19.0 Å². The number of fused-ring (bicyclic) bond motifs is 1. The summed E-state index contributed by atoms with van der Waals surface area (Å²) in [5, 5.41) is 8.49.